The Bertz CT molecular complexity index is 543. The van der Waals surface area contributed by atoms with Crippen LogP contribution in [-0.4, -0.2) is 27.7 Å². The summed E-state index contributed by atoms with van der Waals surface area (Å²) in [5.74, 6) is -1.05. The van der Waals surface area contributed by atoms with Gasteiger partial charge in [-0.05, 0) is 26.8 Å². The second kappa shape index (κ2) is 4.21. The van der Waals surface area contributed by atoms with Gasteiger partial charge in [0.05, 0.1) is 17.8 Å². The summed E-state index contributed by atoms with van der Waals surface area (Å²) in [7, 11) is 0. The maximum atomic E-state index is 11.6. The number of ether oxygens (including phenoxy) is 2. The van der Waals surface area contributed by atoms with Crippen LogP contribution >= 0.6 is 0 Å². The first-order valence-electron chi connectivity index (χ1n) is 5.36. The first kappa shape index (κ1) is 12.2. The monoisotopic (exact) mass is 248 g/mol. The molecule has 18 heavy (non-hydrogen) atoms. The van der Waals surface area contributed by atoms with Crippen molar-refractivity contribution in [2.75, 3.05) is 0 Å². The molecule has 0 unspecified atom stereocenters. The van der Waals surface area contributed by atoms with Crippen LogP contribution in [0.25, 0.3) is 5.76 Å². The zero-order valence-electron chi connectivity index (χ0n) is 10.3. The van der Waals surface area contributed by atoms with Gasteiger partial charge in [0.15, 0.2) is 5.69 Å². The number of rotatable bonds is 1. The van der Waals surface area contributed by atoms with Crippen LogP contribution in [-0.2, 0) is 14.3 Å². The lowest BCUT2D eigenvalue weighted by molar-refractivity contribution is -0.148. The van der Waals surface area contributed by atoms with Gasteiger partial charge in [0.1, 0.15) is 11.4 Å². The highest BCUT2D eigenvalue weighted by atomic mass is 16.6. The molecule has 1 aliphatic heterocycles. The Kier molecular flexibility index (Phi) is 2.86. The van der Waals surface area contributed by atoms with E-state index < -0.39 is 17.5 Å². The van der Waals surface area contributed by atoms with Crippen molar-refractivity contribution < 1.29 is 19.1 Å². The molecule has 0 saturated heterocycles. The Hall–Kier alpha value is -2.24. The predicted octanol–water partition coefficient (Wildman–Crippen LogP) is 1.33. The van der Waals surface area contributed by atoms with Gasteiger partial charge >= 0.3 is 11.9 Å². The van der Waals surface area contributed by atoms with Crippen LogP contribution in [0, 0.1) is 0 Å². The van der Waals surface area contributed by atoms with E-state index in [1.54, 1.807) is 26.8 Å². The molecule has 2 rings (SSSR count). The van der Waals surface area contributed by atoms with Crippen molar-refractivity contribution in [2.24, 2.45) is 0 Å². The molecule has 6 nitrogen and oxygen atoms in total. The van der Waals surface area contributed by atoms with Crippen LogP contribution in [0.4, 0.5) is 0 Å². The summed E-state index contributed by atoms with van der Waals surface area (Å²) < 4.78 is 10.0. The van der Waals surface area contributed by atoms with Crippen LogP contribution in [0.2, 0.25) is 0 Å². The molecule has 0 amide bonds. The standard InChI is InChI=1S/C12H12N2O4/c1-12(2,3)18-9(15)6-8-7-4-5-13-14-10(7)11(16)17-8/h4-6H,1-3H3/b8-6-. The summed E-state index contributed by atoms with van der Waals surface area (Å²) in [6.07, 6.45) is 2.56. The lowest BCUT2D eigenvalue weighted by atomic mass is 10.2. The van der Waals surface area contributed by atoms with Crippen LogP contribution < -0.4 is 0 Å². The third-order valence-corrected chi connectivity index (χ3v) is 2.04. The zero-order valence-corrected chi connectivity index (χ0v) is 10.3. The molecule has 0 aromatic carbocycles. The Morgan fingerprint density at radius 1 is 1.44 bits per heavy atom. The van der Waals surface area contributed by atoms with Crippen LogP contribution in [0.5, 0.6) is 0 Å². The van der Waals surface area contributed by atoms with E-state index in [9.17, 15) is 9.59 Å². The highest BCUT2D eigenvalue weighted by molar-refractivity contribution is 6.04. The van der Waals surface area contributed by atoms with E-state index >= 15 is 0 Å². The molecular formula is C12H12N2O4. The minimum absolute atomic E-state index is 0.104. The number of carbonyl (C=O) groups excluding carboxylic acids is 2. The minimum Gasteiger partial charge on any atom is -0.457 e. The Balaban J connectivity index is 2.27. The number of nitrogens with zero attached hydrogens (tertiary/aromatic N) is 2. The Morgan fingerprint density at radius 2 is 2.17 bits per heavy atom. The summed E-state index contributed by atoms with van der Waals surface area (Å²) in [5.41, 5.74) is -0.0519. The molecule has 6 heteroatoms. The van der Waals surface area contributed by atoms with Crippen molar-refractivity contribution in [3.8, 4) is 0 Å². The third-order valence-electron chi connectivity index (χ3n) is 2.04. The lowest BCUT2D eigenvalue weighted by Gasteiger charge is -2.18. The fourth-order valence-electron chi connectivity index (χ4n) is 1.43. The lowest BCUT2D eigenvalue weighted by Crippen LogP contribution is -2.22. The Labute approximate surface area is 104 Å². The largest absolute Gasteiger partial charge is 0.457 e. The van der Waals surface area contributed by atoms with Gasteiger partial charge in [-0.2, -0.15) is 5.10 Å². The van der Waals surface area contributed by atoms with E-state index in [0.717, 1.165) is 6.08 Å². The SMILES string of the molecule is CC(C)(C)OC(=O)/C=C1\OC(=O)c2nnccc21. The van der Waals surface area contributed by atoms with E-state index in [-0.39, 0.29) is 11.5 Å². The van der Waals surface area contributed by atoms with E-state index in [1.165, 1.54) is 6.20 Å². The molecule has 0 spiro atoms. The van der Waals surface area contributed by atoms with Crippen LogP contribution in [0.3, 0.4) is 0 Å². The molecule has 2 heterocycles. The van der Waals surface area contributed by atoms with Gasteiger partial charge in [-0.25, -0.2) is 9.59 Å². The number of hydrogen-bond acceptors (Lipinski definition) is 6. The van der Waals surface area contributed by atoms with E-state index in [2.05, 4.69) is 10.2 Å². The number of carbonyl (C=O) groups is 2. The van der Waals surface area contributed by atoms with Crippen LogP contribution in [0.15, 0.2) is 18.3 Å². The molecular weight excluding hydrogens is 236 g/mol. The zero-order chi connectivity index (χ0) is 13.3. The minimum atomic E-state index is -0.618. The predicted molar refractivity (Wildman–Crippen MR) is 61.3 cm³/mol. The van der Waals surface area contributed by atoms with Crippen molar-refractivity contribution in [3.05, 3.63) is 29.6 Å². The van der Waals surface area contributed by atoms with Gasteiger partial charge in [-0.15, -0.1) is 5.10 Å². The molecule has 94 valence electrons. The number of aromatic nitrogens is 2. The third kappa shape index (κ3) is 2.53. The van der Waals surface area contributed by atoms with Gasteiger partial charge in [0.25, 0.3) is 0 Å². The van der Waals surface area contributed by atoms with Crippen molar-refractivity contribution in [2.45, 2.75) is 26.4 Å². The maximum Gasteiger partial charge on any atom is 0.365 e. The maximum absolute atomic E-state index is 11.6. The molecule has 1 aromatic heterocycles. The topological polar surface area (TPSA) is 78.4 Å². The number of fused-ring (bicyclic) bond motifs is 1. The van der Waals surface area contributed by atoms with E-state index in [0.29, 0.717) is 5.56 Å². The first-order valence-corrected chi connectivity index (χ1v) is 5.36. The highest BCUT2D eigenvalue weighted by Crippen LogP contribution is 2.27. The van der Waals surface area contributed by atoms with Crippen molar-refractivity contribution in [3.63, 3.8) is 0 Å². The van der Waals surface area contributed by atoms with Crippen molar-refractivity contribution >= 4 is 17.7 Å². The smallest absolute Gasteiger partial charge is 0.365 e. The van der Waals surface area contributed by atoms with Crippen LogP contribution in [0.1, 0.15) is 36.8 Å². The van der Waals surface area contributed by atoms with Crippen molar-refractivity contribution in [1.82, 2.24) is 10.2 Å². The second-order valence-electron chi connectivity index (χ2n) is 4.73. The highest BCUT2D eigenvalue weighted by Gasteiger charge is 2.29. The van der Waals surface area contributed by atoms with E-state index in [4.69, 9.17) is 9.47 Å². The summed E-state index contributed by atoms with van der Waals surface area (Å²) >= 11 is 0. The summed E-state index contributed by atoms with van der Waals surface area (Å²) in [4.78, 5) is 23.0. The van der Waals surface area contributed by atoms with Gasteiger partial charge in [0.2, 0.25) is 0 Å². The molecule has 0 N–H and O–H groups in total. The molecule has 0 atom stereocenters. The molecule has 1 aliphatic rings. The number of hydrogen-bond donors (Lipinski definition) is 0. The van der Waals surface area contributed by atoms with Gasteiger partial charge in [-0.3, -0.25) is 0 Å². The van der Waals surface area contributed by atoms with E-state index in [1.807, 2.05) is 0 Å². The molecule has 0 aliphatic carbocycles. The quantitative estimate of drug-likeness (QED) is 0.551. The second-order valence-corrected chi connectivity index (χ2v) is 4.73. The number of cyclic esters (lactones) is 1. The van der Waals surface area contributed by atoms with Gasteiger partial charge < -0.3 is 9.47 Å². The summed E-state index contributed by atoms with van der Waals surface area (Å²) in [5, 5.41) is 7.24. The normalized spacial score (nSPS) is 16.4. The average molecular weight is 248 g/mol. The Morgan fingerprint density at radius 3 is 2.83 bits per heavy atom. The number of esters is 2. The molecule has 1 aromatic rings. The average Bonchev–Trinajstić information content (AvgIpc) is 2.54. The van der Waals surface area contributed by atoms with Gasteiger partial charge in [-0.1, -0.05) is 0 Å². The fraction of sp³-hybridized carbons (Fsp3) is 0.333. The molecule has 0 saturated carbocycles. The summed E-state index contributed by atoms with van der Waals surface area (Å²) in [6.45, 7) is 5.26. The van der Waals surface area contributed by atoms with Crippen molar-refractivity contribution in [1.29, 1.82) is 0 Å². The summed E-state index contributed by atoms with van der Waals surface area (Å²) in [6, 6.07) is 1.56. The fourth-order valence-corrected chi connectivity index (χ4v) is 1.43. The molecule has 0 bridgehead atoms. The molecule has 0 radical (unpaired) electrons. The first-order chi connectivity index (χ1) is 8.37. The molecule has 0 fully saturated rings. The van der Waals surface area contributed by atoms with Gasteiger partial charge in [0, 0.05) is 0 Å².